The van der Waals surface area contributed by atoms with Crippen LogP contribution in [-0.2, 0) is 11.2 Å². The minimum atomic E-state index is -0.888. The second-order valence-electron chi connectivity index (χ2n) is 4.92. The van der Waals surface area contributed by atoms with Crippen LogP contribution in [0.1, 0.15) is 28.6 Å². The van der Waals surface area contributed by atoms with Gasteiger partial charge in [0.25, 0.3) is 0 Å². The Bertz CT molecular complexity index is 467. The molecule has 0 spiro atoms. The monoisotopic (exact) mass is 238 g/mol. The molecule has 1 atom stereocenters. The fourth-order valence-corrected chi connectivity index (χ4v) is 1.66. The van der Waals surface area contributed by atoms with Crippen LogP contribution in [0.5, 0.6) is 0 Å². The van der Waals surface area contributed by atoms with E-state index in [2.05, 4.69) is 0 Å². The number of nitrogen functional groups attached to an aromatic ring is 1. The van der Waals surface area contributed by atoms with Crippen LogP contribution in [0.3, 0.4) is 0 Å². The fourth-order valence-electron chi connectivity index (χ4n) is 1.66. The van der Waals surface area contributed by atoms with Gasteiger partial charge in [-0.25, -0.2) is 0 Å². The van der Waals surface area contributed by atoms with Crippen molar-refractivity contribution in [2.24, 2.45) is 11.1 Å². The molecule has 0 saturated heterocycles. The Balaban J connectivity index is 2.78. The van der Waals surface area contributed by atoms with Crippen LogP contribution in [0.25, 0.3) is 0 Å². The number of anilines is 1. The molecule has 0 fully saturated rings. The molecule has 4 nitrogen and oxygen atoms in total. The van der Waals surface area contributed by atoms with Crippen LogP contribution < -0.4 is 11.5 Å². The van der Waals surface area contributed by atoms with Gasteiger partial charge in [-0.1, -0.05) is 12.1 Å². The van der Waals surface area contributed by atoms with Crippen molar-refractivity contribution >= 4 is 11.7 Å². The first kappa shape index (κ1) is 10.6. The van der Waals surface area contributed by atoms with Crippen molar-refractivity contribution in [1.82, 2.24) is 0 Å². The van der Waals surface area contributed by atoms with Gasteiger partial charge < -0.3 is 16.6 Å². The van der Waals surface area contributed by atoms with Crippen molar-refractivity contribution in [3.8, 4) is 0 Å². The summed E-state index contributed by atoms with van der Waals surface area (Å²) >= 11 is 0. The highest BCUT2D eigenvalue weighted by Gasteiger charge is 2.29. The third kappa shape index (κ3) is 4.07. The summed E-state index contributed by atoms with van der Waals surface area (Å²) in [4.78, 5) is 11.0. The number of hydrogen-bond donors (Lipinski definition) is 3. The van der Waals surface area contributed by atoms with Crippen molar-refractivity contribution in [1.29, 1.82) is 0 Å². The van der Waals surface area contributed by atoms with Gasteiger partial charge >= 0.3 is 5.97 Å². The molecule has 0 amide bonds. The van der Waals surface area contributed by atoms with Crippen molar-refractivity contribution in [2.75, 3.05) is 5.73 Å². The van der Waals surface area contributed by atoms with Gasteiger partial charge in [-0.05, 0) is 44.3 Å². The van der Waals surface area contributed by atoms with Crippen molar-refractivity contribution in [2.45, 2.75) is 32.7 Å². The van der Waals surface area contributed by atoms with E-state index in [0.29, 0.717) is 12.8 Å². The van der Waals surface area contributed by atoms with Gasteiger partial charge in [0.2, 0.25) is 0 Å². The van der Waals surface area contributed by atoms with Gasteiger partial charge in [0.1, 0.15) is 0 Å². The Kier molecular flexibility index (Phi) is 3.23. The van der Waals surface area contributed by atoms with E-state index in [1.54, 1.807) is 26.0 Å². The first-order valence-electron chi connectivity index (χ1n) is 6.48. The fraction of sp³-hybridized carbons (Fsp3) is 0.462. The zero-order chi connectivity index (χ0) is 14.8. The number of carboxylic acid groups (broad SMARTS) is 1. The molecular formula is C13H20N2O2. The molecule has 4 heteroatoms. The number of hydrogen-bond acceptors (Lipinski definition) is 3. The standard InChI is InChI=1S/C13H20N2O2/c1-13(2,12(16)17)8-11(15)7-9-3-5-10(14)6-4-9/h3-6,11H,7-8,14-15H2,1-2H3,(H,16,17)/t11-/m0/s1/i5D,6D. The SMILES string of the molecule is [2H]c1cc(C[C@H](N)CC(C)(C)C(=O)O)cc([2H])c1N. The van der Waals surface area contributed by atoms with Crippen LogP contribution in [0.2, 0.25) is 0 Å². The van der Waals surface area contributed by atoms with Gasteiger partial charge in [0.15, 0.2) is 0 Å². The number of rotatable bonds is 5. The van der Waals surface area contributed by atoms with E-state index < -0.39 is 11.4 Å². The van der Waals surface area contributed by atoms with E-state index in [1.165, 1.54) is 0 Å². The zero-order valence-corrected chi connectivity index (χ0v) is 10.2. The summed E-state index contributed by atoms with van der Waals surface area (Å²) in [6.45, 7) is 3.26. The minimum absolute atomic E-state index is 0.104. The largest absolute Gasteiger partial charge is 0.481 e. The van der Waals surface area contributed by atoms with Gasteiger partial charge in [-0.3, -0.25) is 4.79 Å². The highest BCUT2D eigenvalue weighted by molar-refractivity contribution is 5.73. The van der Waals surface area contributed by atoms with E-state index in [1.807, 2.05) is 0 Å². The number of nitrogens with two attached hydrogens (primary N) is 2. The molecule has 1 aromatic rings. The molecule has 0 unspecified atom stereocenters. The number of aliphatic carboxylic acids is 1. The number of carbonyl (C=O) groups is 1. The average molecular weight is 238 g/mol. The molecule has 17 heavy (non-hydrogen) atoms. The highest BCUT2D eigenvalue weighted by atomic mass is 16.4. The second kappa shape index (κ2) is 5.19. The maximum absolute atomic E-state index is 11.0. The molecule has 1 rings (SSSR count). The van der Waals surface area contributed by atoms with E-state index in [4.69, 9.17) is 19.3 Å². The summed E-state index contributed by atoms with van der Waals surface area (Å²) in [6, 6.07) is 3.01. The first-order chi connectivity index (χ1) is 8.63. The van der Waals surface area contributed by atoms with Crippen LogP contribution in [0, 0.1) is 5.41 Å². The van der Waals surface area contributed by atoms with Crippen LogP contribution in [0.4, 0.5) is 5.69 Å². The number of benzene rings is 1. The van der Waals surface area contributed by atoms with Gasteiger partial charge in [-0.2, -0.15) is 0 Å². The molecule has 1 aromatic carbocycles. The van der Waals surface area contributed by atoms with Crippen molar-refractivity contribution in [3.63, 3.8) is 0 Å². The van der Waals surface area contributed by atoms with Gasteiger partial charge in [0, 0.05) is 11.7 Å². The molecular weight excluding hydrogens is 216 g/mol. The molecule has 0 aliphatic heterocycles. The smallest absolute Gasteiger partial charge is 0.309 e. The first-order valence-corrected chi connectivity index (χ1v) is 5.48. The third-order valence-corrected chi connectivity index (χ3v) is 2.68. The Hall–Kier alpha value is -1.55. The third-order valence-electron chi connectivity index (χ3n) is 2.68. The van der Waals surface area contributed by atoms with E-state index in [9.17, 15) is 4.79 Å². The Morgan fingerprint density at radius 2 is 2.06 bits per heavy atom. The highest BCUT2D eigenvalue weighted by Crippen LogP contribution is 2.23. The summed E-state index contributed by atoms with van der Waals surface area (Å²) in [5, 5.41) is 9.05. The maximum atomic E-state index is 11.0. The summed E-state index contributed by atoms with van der Waals surface area (Å²) in [5.41, 5.74) is 11.5. The van der Waals surface area contributed by atoms with Gasteiger partial charge in [-0.15, -0.1) is 0 Å². The van der Waals surface area contributed by atoms with E-state index >= 15 is 0 Å². The lowest BCUT2D eigenvalue weighted by atomic mass is 9.84. The van der Waals surface area contributed by atoms with E-state index in [0.717, 1.165) is 5.56 Å². The molecule has 0 aliphatic carbocycles. The van der Waals surface area contributed by atoms with Crippen molar-refractivity contribution in [3.05, 3.63) is 29.8 Å². The summed E-state index contributed by atoms with van der Waals surface area (Å²) in [6.07, 6.45) is 0.752. The van der Waals surface area contributed by atoms with E-state index in [-0.39, 0.29) is 23.8 Å². The second-order valence-corrected chi connectivity index (χ2v) is 4.92. The minimum Gasteiger partial charge on any atom is -0.481 e. The molecule has 94 valence electrons. The van der Waals surface area contributed by atoms with Crippen LogP contribution in [-0.4, -0.2) is 17.1 Å². The predicted octanol–water partition coefficient (Wildman–Crippen LogP) is 1.64. The Morgan fingerprint density at radius 3 is 2.53 bits per heavy atom. The summed E-state index contributed by atoms with van der Waals surface area (Å²) in [5.74, 6) is -0.886. The lowest BCUT2D eigenvalue weighted by Crippen LogP contribution is -2.34. The predicted molar refractivity (Wildman–Crippen MR) is 68.6 cm³/mol. The average Bonchev–Trinajstić information content (AvgIpc) is 2.24. The Morgan fingerprint density at radius 1 is 1.53 bits per heavy atom. The molecule has 0 heterocycles. The quantitative estimate of drug-likeness (QED) is 0.680. The molecule has 5 N–H and O–H groups in total. The lowest BCUT2D eigenvalue weighted by molar-refractivity contribution is -0.147. The molecule has 0 bridgehead atoms. The van der Waals surface area contributed by atoms with Gasteiger partial charge in [0.05, 0.1) is 8.16 Å². The van der Waals surface area contributed by atoms with Crippen molar-refractivity contribution < 1.29 is 12.6 Å². The molecule has 0 radical (unpaired) electrons. The maximum Gasteiger partial charge on any atom is 0.309 e. The van der Waals surface area contributed by atoms with Crippen LogP contribution in [0.15, 0.2) is 24.2 Å². The summed E-state index contributed by atoms with van der Waals surface area (Å²) < 4.78 is 15.2. The number of carboxylic acids is 1. The lowest BCUT2D eigenvalue weighted by Gasteiger charge is -2.23. The molecule has 0 saturated carbocycles. The summed E-state index contributed by atoms with van der Waals surface area (Å²) in [7, 11) is 0. The normalized spacial score (nSPS) is 15.0. The molecule has 0 aliphatic rings. The molecule has 0 aromatic heterocycles. The Labute approximate surface area is 104 Å². The zero-order valence-electron chi connectivity index (χ0n) is 12.2. The van der Waals surface area contributed by atoms with Crippen LogP contribution >= 0.6 is 0 Å². The topological polar surface area (TPSA) is 89.3 Å².